The van der Waals surface area contributed by atoms with Gasteiger partial charge in [-0.25, -0.2) is 8.42 Å². The number of carbonyl (C=O) groups is 2. The van der Waals surface area contributed by atoms with Gasteiger partial charge in [-0.2, -0.15) is 4.31 Å². The molecule has 0 fully saturated rings. The Morgan fingerprint density at radius 3 is 2.12 bits per heavy atom. The molecule has 0 heterocycles. The molecule has 2 N–H and O–H groups in total. The molecular weight excluding hydrogens is 478 g/mol. The molecule has 3 aromatic rings. The van der Waals surface area contributed by atoms with E-state index >= 15 is 0 Å². The van der Waals surface area contributed by atoms with Crippen molar-refractivity contribution in [2.45, 2.75) is 18.4 Å². The molecule has 0 saturated heterocycles. The smallest absolute Gasteiger partial charge is 0.243 e. The highest BCUT2D eigenvalue weighted by molar-refractivity contribution is 7.89. The molecule has 0 aliphatic carbocycles. The minimum atomic E-state index is -4.07. The molecule has 8 nitrogen and oxygen atoms in total. The van der Waals surface area contributed by atoms with Gasteiger partial charge in [0.2, 0.25) is 21.8 Å². The Balaban J connectivity index is 1.83. The predicted molar refractivity (Wildman–Crippen MR) is 131 cm³/mol. The fraction of sp³-hybridized carbons (Fsp3) is 0.167. The van der Waals surface area contributed by atoms with Crippen molar-refractivity contribution in [1.82, 2.24) is 4.31 Å². The number of sulfonamides is 1. The van der Waals surface area contributed by atoms with Crippen LogP contribution in [0.15, 0.2) is 77.7 Å². The van der Waals surface area contributed by atoms with Crippen LogP contribution in [0.5, 0.6) is 5.75 Å². The first-order valence-electron chi connectivity index (χ1n) is 10.2. The number of anilines is 2. The van der Waals surface area contributed by atoms with E-state index < -0.39 is 22.5 Å². The van der Waals surface area contributed by atoms with Crippen molar-refractivity contribution in [3.8, 4) is 5.75 Å². The van der Waals surface area contributed by atoms with Crippen molar-refractivity contribution in [3.05, 3.63) is 83.4 Å². The lowest BCUT2D eigenvalue weighted by Gasteiger charge is -2.22. The summed E-state index contributed by atoms with van der Waals surface area (Å²) >= 11 is 6.14. The highest BCUT2D eigenvalue weighted by atomic mass is 35.5. The van der Waals surface area contributed by atoms with Crippen molar-refractivity contribution in [2.24, 2.45) is 0 Å². The molecule has 34 heavy (non-hydrogen) atoms. The zero-order valence-electron chi connectivity index (χ0n) is 18.6. The Hall–Kier alpha value is -3.40. The third-order valence-corrected chi connectivity index (χ3v) is 6.85. The average Bonchev–Trinajstić information content (AvgIpc) is 2.80. The van der Waals surface area contributed by atoms with E-state index in [1.807, 2.05) is 6.07 Å². The summed E-state index contributed by atoms with van der Waals surface area (Å²) in [5.74, 6) is -0.390. The number of hydrogen-bond acceptors (Lipinski definition) is 5. The predicted octanol–water partition coefficient (Wildman–Crippen LogP) is 4.14. The highest BCUT2D eigenvalue weighted by Gasteiger charge is 2.28. The van der Waals surface area contributed by atoms with Gasteiger partial charge in [-0.3, -0.25) is 9.59 Å². The van der Waals surface area contributed by atoms with E-state index in [9.17, 15) is 18.0 Å². The summed E-state index contributed by atoms with van der Waals surface area (Å²) in [4.78, 5) is 23.9. The van der Waals surface area contributed by atoms with Gasteiger partial charge in [-0.1, -0.05) is 41.9 Å². The van der Waals surface area contributed by atoms with E-state index in [-0.39, 0.29) is 22.4 Å². The van der Waals surface area contributed by atoms with E-state index in [1.165, 1.54) is 32.2 Å². The van der Waals surface area contributed by atoms with Crippen LogP contribution in [-0.2, 0) is 26.2 Å². The molecule has 0 atom stereocenters. The molecule has 2 amide bonds. The molecular formula is C24H24ClN3O5S. The lowest BCUT2D eigenvalue weighted by molar-refractivity contribution is -0.116. The van der Waals surface area contributed by atoms with Gasteiger partial charge < -0.3 is 15.4 Å². The van der Waals surface area contributed by atoms with E-state index in [0.29, 0.717) is 17.1 Å². The number of amides is 2. The third kappa shape index (κ3) is 6.57. The van der Waals surface area contributed by atoms with Crippen LogP contribution in [0.1, 0.15) is 12.5 Å². The second kappa shape index (κ2) is 11.1. The van der Waals surface area contributed by atoms with E-state index in [1.54, 1.807) is 48.5 Å². The van der Waals surface area contributed by atoms with Crippen molar-refractivity contribution in [2.75, 3.05) is 24.3 Å². The SMILES string of the molecule is COc1ccc(S(=O)(=O)N(CC(=O)Nc2ccc(NC(C)=O)cc2)Cc2ccccc2)cc1Cl. The Kier molecular flexibility index (Phi) is 8.27. The molecule has 0 aliphatic rings. The van der Waals surface area contributed by atoms with Gasteiger partial charge in [0.25, 0.3) is 0 Å². The molecule has 0 aliphatic heterocycles. The second-order valence-corrected chi connectivity index (χ2v) is 9.71. The number of halogens is 1. The molecule has 178 valence electrons. The largest absolute Gasteiger partial charge is 0.495 e. The standard InChI is InChI=1S/C24H24ClN3O5S/c1-17(29)26-19-8-10-20(11-9-19)27-24(30)16-28(15-18-6-4-3-5-7-18)34(31,32)21-12-13-23(33-2)22(25)14-21/h3-14H,15-16H2,1-2H3,(H,26,29)(H,27,30). The monoisotopic (exact) mass is 501 g/mol. The fourth-order valence-electron chi connectivity index (χ4n) is 3.17. The summed E-state index contributed by atoms with van der Waals surface area (Å²) in [5, 5.41) is 5.47. The molecule has 0 unspecified atom stereocenters. The van der Waals surface area contributed by atoms with Gasteiger partial charge in [0.1, 0.15) is 5.75 Å². The average molecular weight is 502 g/mol. The number of benzene rings is 3. The van der Waals surface area contributed by atoms with Crippen molar-refractivity contribution in [3.63, 3.8) is 0 Å². The first-order valence-corrected chi connectivity index (χ1v) is 12.1. The fourth-order valence-corrected chi connectivity index (χ4v) is 4.90. The number of methoxy groups -OCH3 is 1. The maximum absolute atomic E-state index is 13.4. The van der Waals surface area contributed by atoms with Crippen molar-refractivity contribution < 1.29 is 22.7 Å². The molecule has 0 saturated carbocycles. The van der Waals surface area contributed by atoms with Gasteiger partial charge >= 0.3 is 0 Å². The van der Waals surface area contributed by atoms with Crippen molar-refractivity contribution in [1.29, 1.82) is 0 Å². The number of rotatable bonds is 9. The van der Waals surface area contributed by atoms with Crippen LogP contribution in [0.4, 0.5) is 11.4 Å². The molecule has 0 spiro atoms. The zero-order valence-corrected chi connectivity index (χ0v) is 20.2. The molecule has 3 aromatic carbocycles. The number of carbonyl (C=O) groups excluding carboxylic acids is 2. The molecule has 3 rings (SSSR count). The number of nitrogens with zero attached hydrogens (tertiary/aromatic N) is 1. The Labute approximate surface area is 203 Å². The van der Waals surface area contributed by atoms with Crippen molar-refractivity contribution >= 4 is 44.8 Å². The normalized spacial score (nSPS) is 11.2. The van der Waals surface area contributed by atoms with Crippen LogP contribution in [0, 0.1) is 0 Å². The van der Waals surface area contributed by atoms with Gasteiger partial charge in [-0.15, -0.1) is 0 Å². The number of ether oxygens (including phenoxy) is 1. The van der Waals surface area contributed by atoms with Crippen LogP contribution in [0.2, 0.25) is 5.02 Å². The van der Waals surface area contributed by atoms with Crippen LogP contribution < -0.4 is 15.4 Å². The minimum Gasteiger partial charge on any atom is -0.495 e. The topological polar surface area (TPSA) is 105 Å². The van der Waals surface area contributed by atoms with E-state index in [4.69, 9.17) is 16.3 Å². The summed E-state index contributed by atoms with van der Waals surface area (Å²) in [6, 6.07) is 19.6. The zero-order chi connectivity index (χ0) is 24.7. The number of nitrogens with one attached hydrogen (secondary N) is 2. The molecule has 10 heteroatoms. The summed E-state index contributed by atoms with van der Waals surface area (Å²) in [7, 11) is -2.63. The van der Waals surface area contributed by atoms with Gasteiger partial charge in [0.05, 0.1) is 23.6 Å². The first-order chi connectivity index (χ1) is 16.2. The Bertz CT molecular complexity index is 1270. The first kappa shape index (κ1) is 25.2. The Morgan fingerprint density at radius 2 is 1.56 bits per heavy atom. The Morgan fingerprint density at radius 1 is 0.941 bits per heavy atom. The van der Waals surface area contributed by atoms with Gasteiger partial charge in [0.15, 0.2) is 0 Å². The van der Waals surface area contributed by atoms with Crippen LogP contribution in [0.25, 0.3) is 0 Å². The number of hydrogen-bond donors (Lipinski definition) is 2. The maximum atomic E-state index is 13.4. The second-order valence-electron chi connectivity index (χ2n) is 7.36. The van der Waals surface area contributed by atoms with Gasteiger partial charge in [0, 0.05) is 24.8 Å². The highest BCUT2D eigenvalue weighted by Crippen LogP contribution is 2.29. The van der Waals surface area contributed by atoms with E-state index in [0.717, 1.165) is 9.87 Å². The quantitative estimate of drug-likeness (QED) is 0.458. The minimum absolute atomic E-state index is 0.0122. The van der Waals surface area contributed by atoms with E-state index in [2.05, 4.69) is 10.6 Å². The summed E-state index contributed by atoms with van der Waals surface area (Å²) in [5.41, 5.74) is 1.76. The van der Waals surface area contributed by atoms with Crippen LogP contribution >= 0.6 is 11.6 Å². The molecule has 0 aromatic heterocycles. The lowest BCUT2D eigenvalue weighted by atomic mass is 10.2. The molecule has 0 radical (unpaired) electrons. The summed E-state index contributed by atoms with van der Waals surface area (Å²) in [6.45, 7) is 0.962. The third-order valence-electron chi connectivity index (χ3n) is 4.77. The van der Waals surface area contributed by atoms with Crippen LogP contribution in [-0.4, -0.2) is 38.2 Å². The summed E-state index contributed by atoms with van der Waals surface area (Å²) in [6.07, 6.45) is 0. The van der Waals surface area contributed by atoms with Gasteiger partial charge in [-0.05, 0) is 48.0 Å². The van der Waals surface area contributed by atoms with Crippen LogP contribution in [0.3, 0.4) is 0 Å². The summed E-state index contributed by atoms with van der Waals surface area (Å²) < 4.78 is 33.0. The maximum Gasteiger partial charge on any atom is 0.243 e. The lowest BCUT2D eigenvalue weighted by Crippen LogP contribution is -2.37. The molecule has 0 bridgehead atoms.